The molecule has 0 radical (unpaired) electrons. The molecule has 2 N–H and O–H groups in total. The molecule has 0 aliphatic carbocycles. The van der Waals surface area contributed by atoms with Crippen LogP contribution in [0.2, 0.25) is 0 Å². The molecule has 0 aliphatic rings. The van der Waals surface area contributed by atoms with Crippen LogP contribution in [0.15, 0.2) is 17.5 Å². The maximum absolute atomic E-state index is 5.72. The van der Waals surface area contributed by atoms with E-state index in [4.69, 9.17) is 5.73 Å². The molecule has 0 saturated carbocycles. The van der Waals surface area contributed by atoms with Gasteiger partial charge in [0, 0.05) is 16.8 Å². The van der Waals surface area contributed by atoms with E-state index in [2.05, 4.69) is 31.4 Å². The fourth-order valence-electron chi connectivity index (χ4n) is 1.04. The summed E-state index contributed by atoms with van der Waals surface area (Å²) in [6.45, 7) is 5.15. The van der Waals surface area contributed by atoms with Gasteiger partial charge in [0.25, 0.3) is 0 Å². The van der Waals surface area contributed by atoms with Gasteiger partial charge in [-0.05, 0) is 17.9 Å². The lowest BCUT2D eigenvalue weighted by Gasteiger charge is -2.24. The molecule has 2 heteroatoms. The zero-order chi connectivity index (χ0) is 8.32. The Kier molecular flexibility index (Phi) is 2.68. The Balaban J connectivity index is 2.87. The molecule has 1 unspecified atom stereocenters. The molecule has 0 bridgehead atoms. The number of hydrogen-bond acceptors (Lipinski definition) is 2. The second-order valence-electron chi connectivity index (χ2n) is 3.10. The lowest BCUT2D eigenvalue weighted by Crippen LogP contribution is -2.29. The Hall–Kier alpha value is -0.340. The Morgan fingerprint density at radius 3 is 2.73 bits per heavy atom. The monoisotopic (exact) mass is 169 g/mol. The van der Waals surface area contributed by atoms with Crippen LogP contribution in [0.3, 0.4) is 0 Å². The van der Waals surface area contributed by atoms with Gasteiger partial charge in [-0.1, -0.05) is 19.9 Å². The quantitative estimate of drug-likeness (QED) is 0.738. The van der Waals surface area contributed by atoms with Crippen molar-refractivity contribution in [2.75, 3.05) is 6.54 Å². The first-order valence-electron chi connectivity index (χ1n) is 3.97. The third-order valence-corrected chi connectivity index (χ3v) is 3.52. The third kappa shape index (κ3) is 1.63. The summed E-state index contributed by atoms with van der Waals surface area (Å²) in [7, 11) is 0. The topological polar surface area (TPSA) is 26.0 Å². The van der Waals surface area contributed by atoms with E-state index >= 15 is 0 Å². The van der Waals surface area contributed by atoms with Crippen molar-refractivity contribution in [3.8, 4) is 0 Å². The highest BCUT2D eigenvalue weighted by Crippen LogP contribution is 2.29. The predicted molar refractivity (Wildman–Crippen MR) is 51.0 cm³/mol. The average molecular weight is 169 g/mol. The highest BCUT2D eigenvalue weighted by molar-refractivity contribution is 7.10. The fourth-order valence-corrected chi connectivity index (χ4v) is 2.01. The van der Waals surface area contributed by atoms with Crippen molar-refractivity contribution < 1.29 is 0 Å². The van der Waals surface area contributed by atoms with Crippen LogP contribution in [-0.4, -0.2) is 6.54 Å². The summed E-state index contributed by atoms with van der Waals surface area (Å²) < 4.78 is 0. The molecule has 0 aromatic carbocycles. The van der Waals surface area contributed by atoms with Crippen molar-refractivity contribution in [3.05, 3.63) is 22.4 Å². The number of nitrogens with two attached hydrogens (primary N) is 1. The van der Waals surface area contributed by atoms with Crippen LogP contribution in [-0.2, 0) is 5.41 Å². The van der Waals surface area contributed by atoms with E-state index in [0.29, 0.717) is 0 Å². The molecule has 1 atom stereocenters. The van der Waals surface area contributed by atoms with Crippen LogP contribution in [0.1, 0.15) is 25.1 Å². The molecule has 1 aromatic heterocycles. The van der Waals surface area contributed by atoms with E-state index in [9.17, 15) is 0 Å². The molecule has 0 amide bonds. The van der Waals surface area contributed by atoms with Gasteiger partial charge in [0.2, 0.25) is 0 Å². The van der Waals surface area contributed by atoms with Crippen LogP contribution < -0.4 is 5.73 Å². The van der Waals surface area contributed by atoms with Gasteiger partial charge in [0.1, 0.15) is 0 Å². The van der Waals surface area contributed by atoms with Crippen molar-refractivity contribution in [1.29, 1.82) is 0 Å². The minimum atomic E-state index is 0.203. The normalized spacial score (nSPS) is 16.3. The molecule has 0 fully saturated rings. The standard InChI is InChI=1S/C9H15NS/c1-3-9(2,7-10)8-5-4-6-11-8/h4-6H,3,7,10H2,1-2H3. The molecule has 0 spiro atoms. The van der Waals surface area contributed by atoms with Crippen molar-refractivity contribution in [3.63, 3.8) is 0 Å². The summed E-state index contributed by atoms with van der Waals surface area (Å²) in [5.41, 5.74) is 5.92. The fraction of sp³-hybridized carbons (Fsp3) is 0.556. The summed E-state index contributed by atoms with van der Waals surface area (Å²) in [5, 5.41) is 2.11. The van der Waals surface area contributed by atoms with Gasteiger partial charge in [-0.2, -0.15) is 0 Å². The molecule has 1 rings (SSSR count). The molecule has 0 aliphatic heterocycles. The molecule has 1 heterocycles. The Morgan fingerprint density at radius 2 is 2.36 bits per heavy atom. The summed E-state index contributed by atoms with van der Waals surface area (Å²) in [6.07, 6.45) is 1.12. The van der Waals surface area contributed by atoms with Gasteiger partial charge in [-0.15, -0.1) is 11.3 Å². The van der Waals surface area contributed by atoms with E-state index in [1.165, 1.54) is 4.88 Å². The Morgan fingerprint density at radius 1 is 1.64 bits per heavy atom. The van der Waals surface area contributed by atoms with Crippen LogP contribution in [0.5, 0.6) is 0 Å². The van der Waals surface area contributed by atoms with Crippen LogP contribution in [0.4, 0.5) is 0 Å². The lowest BCUT2D eigenvalue weighted by atomic mass is 9.86. The van der Waals surface area contributed by atoms with Gasteiger partial charge >= 0.3 is 0 Å². The second kappa shape index (κ2) is 3.37. The van der Waals surface area contributed by atoms with Gasteiger partial charge in [-0.3, -0.25) is 0 Å². The van der Waals surface area contributed by atoms with Crippen LogP contribution >= 0.6 is 11.3 Å². The van der Waals surface area contributed by atoms with Crippen molar-refractivity contribution in [2.45, 2.75) is 25.7 Å². The van der Waals surface area contributed by atoms with Crippen molar-refractivity contribution >= 4 is 11.3 Å². The smallest absolute Gasteiger partial charge is 0.0139 e. The highest BCUT2D eigenvalue weighted by atomic mass is 32.1. The molecular weight excluding hydrogens is 154 g/mol. The van der Waals surface area contributed by atoms with Gasteiger partial charge in [0.05, 0.1) is 0 Å². The number of rotatable bonds is 3. The second-order valence-corrected chi connectivity index (χ2v) is 4.04. The third-order valence-electron chi connectivity index (χ3n) is 2.35. The van der Waals surface area contributed by atoms with Gasteiger partial charge < -0.3 is 5.73 Å². The summed E-state index contributed by atoms with van der Waals surface area (Å²) in [4.78, 5) is 1.41. The highest BCUT2D eigenvalue weighted by Gasteiger charge is 2.23. The molecule has 62 valence electrons. The van der Waals surface area contributed by atoms with Crippen LogP contribution in [0, 0.1) is 0 Å². The SMILES string of the molecule is CCC(C)(CN)c1cccs1. The molecular formula is C9H15NS. The van der Waals surface area contributed by atoms with E-state index in [1.54, 1.807) is 11.3 Å². The molecule has 11 heavy (non-hydrogen) atoms. The van der Waals surface area contributed by atoms with Gasteiger partial charge in [-0.25, -0.2) is 0 Å². The van der Waals surface area contributed by atoms with E-state index < -0.39 is 0 Å². The van der Waals surface area contributed by atoms with E-state index in [1.807, 2.05) is 0 Å². The van der Waals surface area contributed by atoms with E-state index in [-0.39, 0.29) is 5.41 Å². The lowest BCUT2D eigenvalue weighted by molar-refractivity contribution is 0.476. The average Bonchev–Trinajstić information content (AvgIpc) is 2.55. The molecule has 1 nitrogen and oxygen atoms in total. The zero-order valence-corrected chi connectivity index (χ0v) is 7.95. The van der Waals surface area contributed by atoms with Crippen molar-refractivity contribution in [2.24, 2.45) is 5.73 Å². The minimum absolute atomic E-state index is 0.203. The summed E-state index contributed by atoms with van der Waals surface area (Å²) >= 11 is 1.80. The zero-order valence-electron chi connectivity index (χ0n) is 7.13. The van der Waals surface area contributed by atoms with Gasteiger partial charge in [0.15, 0.2) is 0 Å². The number of thiophene rings is 1. The minimum Gasteiger partial charge on any atom is -0.330 e. The molecule has 1 aromatic rings. The number of hydrogen-bond donors (Lipinski definition) is 1. The maximum atomic E-state index is 5.72. The first-order valence-corrected chi connectivity index (χ1v) is 4.85. The first-order chi connectivity index (χ1) is 5.23. The van der Waals surface area contributed by atoms with Crippen molar-refractivity contribution in [1.82, 2.24) is 0 Å². The van der Waals surface area contributed by atoms with Crippen LogP contribution in [0.25, 0.3) is 0 Å². The largest absolute Gasteiger partial charge is 0.330 e. The Bertz CT molecular complexity index is 199. The summed E-state index contributed by atoms with van der Waals surface area (Å²) in [5.74, 6) is 0. The first kappa shape index (κ1) is 8.75. The van der Waals surface area contributed by atoms with E-state index in [0.717, 1.165) is 13.0 Å². The summed E-state index contributed by atoms with van der Waals surface area (Å²) in [6, 6.07) is 4.25. The predicted octanol–water partition coefficient (Wildman–Crippen LogP) is 2.37. The maximum Gasteiger partial charge on any atom is 0.0139 e. The molecule has 0 saturated heterocycles. The Labute approximate surface area is 72.2 Å².